The van der Waals surface area contributed by atoms with Gasteiger partial charge in [0.15, 0.2) is 0 Å². The first-order valence-electron chi connectivity index (χ1n) is 9.92. The fraction of sp³-hybridized carbons (Fsp3) is 0.435. The van der Waals surface area contributed by atoms with Gasteiger partial charge in [-0.15, -0.1) is 0 Å². The number of hydrogen-bond donors (Lipinski definition) is 1. The largest absolute Gasteiger partial charge is 0.497 e. The van der Waals surface area contributed by atoms with Gasteiger partial charge < -0.3 is 14.8 Å². The van der Waals surface area contributed by atoms with Crippen molar-refractivity contribution in [1.82, 2.24) is 10.2 Å². The average Bonchev–Trinajstić information content (AvgIpc) is 2.74. The first-order valence-corrected chi connectivity index (χ1v) is 9.92. The Hall–Kier alpha value is -2.53. The van der Waals surface area contributed by atoms with E-state index in [4.69, 9.17) is 9.47 Å². The van der Waals surface area contributed by atoms with E-state index in [9.17, 15) is 4.79 Å². The van der Waals surface area contributed by atoms with Crippen molar-refractivity contribution >= 4 is 5.91 Å². The van der Waals surface area contributed by atoms with E-state index >= 15 is 0 Å². The van der Waals surface area contributed by atoms with Crippen LogP contribution in [0.2, 0.25) is 0 Å². The van der Waals surface area contributed by atoms with Crippen LogP contribution in [-0.2, 0) is 4.79 Å². The van der Waals surface area contributed by atoms with E-state index in [0.29, 0.717) is 12.6 Å². The minimum absolute atomic E-state index is 0.0467. The minimum Gasteiger partial charge on any atom is -0.497 e. The second-order valence-electron chi connectivity index (χ2n) is 7.36. The third kappa shape index (κ3) is 5.04. The fourth-order valence-corrected chi connectivity index (χ4v) is 3.74. The Balaban J connectivity index is 1.79. The fourth-order valence-electron chi connectivity index (χ4n) is 3.74. The van der Waals surface area contributed by atoms with Gasteiger partial charge in [0.2, 0.25) is 5.91 Å². The summed E-state index contributed by atoms with van der Waals surface area (Å²) in [6.45, 7) is 3.63. The molecule has 2 aromatic carbocycles. The van der Waals surface area contributed by atoms with Crippen LogP contribution in [0, 0.1) is 0 Å². The monoisotopic (exact) mass is 382 g/mol. The molecular formula is C23H30N2O3. The molecule has 1 unspecified atom stereocenters. The van der Waals surface area contributed by atoms with Crippen LogP contribution in [0.3, 0.4) is 0 Å². The van der Waals surface area contributed by atoms with Crippen LogP contribution in [0.25, 0.3) is 0 Å². The minimum atomic E-state index is -0.218. The Morgan fingerprint density at radius 2 is 1.54 bits per heavy atom. The van der Waals surface area contributed by atoms with Crippen LogP contribution in [-0.4, -0.2) is 44.2 Å². The molecule has 1 heterocycles. The molecule has 0 radical (unpaired) electrons. The lowest BCUT2D eigenvalue weighted by Gasteiger charge is -2.33. The number of benzene rings is 2. The normalized spacial score (nSPS) is 17.4. The van der Waals surface area contributed by atoms with Crippen molar-refractivity contribution in [2.45, 2.75) is 38.3 Å². The summed E-state index contributed by atoms with van der Waals surface area (Å²) >= 11 is 0. The molecule has 0 bridgehead atoms. The number of carbonyl (C=O) groups is 1. The molecule has 1 atom stereocenters. The third-order valence-corrected chi connectivity index (χ3v) is 5.49. The van der Waals surface area contributed by atoms with Gasteiger partial charge in [0.05, 0.1) is 26.8 Å². The molecule has 1 saturated heterocycles. The van der Waals surface area contributed by atoms with E-state index in [-0.39, 0.29) is 11.9 Å². The number of carbonyl (C=O) groups excluding carboxylic acids is 1. The maximum atomic E-state index is 12.9. The van der Waals surface area contributed by atoms with Crippen LogP contribution in [0.5, 0.6) is 11.5 Å². The van der Waals surface area contributed by atoms with Crippen LogP contribution < -0.4 is 14.8 Å². The van der Waals surface area contributed by atoms with Gasteiger partial charge in [0.1, 0.15) is 11.5 Å². The lowest BCUT2D eigenvalue weighted by molar-refractivity contribution is -0.123. The van der Waals surface area contributed by atoms with E-state index in [1.54, 1.807) is 14.2 Å². The second kappa shape index (κ2) is 9.60. The smallest absolute Gasteiger partial charge is 0.234 e. The summed E-state index contributed by atoms with van der Waals surface area (Å²) in [5, 5.41) is 3.23. The van der Waals surface area contributed by atoms with E-state index < -0.39 is 0 Å². The van der Waals surface area contributed by atoms with Gasteiger partial charge in [0.25, 0.3) is 0 Å². The molecule has 1 aliphatic heterocycles. The predicted molar refractivity (Wildman–Crippen MR) is 111 cm³/mol. The van der Waals surface area contributed by atoms with Gasteiger partial charge in [-0.2, -0.15) is 0 Å². The predicted octanol–water partition coefficient (Wildman–Crippen LogP) is 3.78. The first-order chi connectivity index (χ1) is 13.6. The standard InChI is InChI=1S/C23H30N2O3/c1-17-6-4-5-15-25(17)16-22(26)24-23(18-7-11-20(27-2)12-8-18)19-9-13-21(28-3)14-10-19/h7-14,17,23H,4-6,15-16H2,1-3H3,(H,24,26). The molecule has 1 aliphatic rings. The number of amides is 1. The Labute approximate surface area is 167 Å². The maximum absolute atomic E-state index is 12.9. The molecule has 0 spiro atoms. The molecule has 5 heteroatoms. The Bertz CT molecular complexity index is 711. The van der Waals surface area contributed by atoms with Crippen molar-refractivity contribution in [2.24, 2.45) is 0 Å². The number of nitrogens with one attached hydrogen (secondary N) is 1. The van der Waals surface area contributed by atoms with E-state index in [2.05, 4.69) is 17.1 Å². The highest BCUT2D eigenvalue weighted by molar-refractivity contribution is 5.79. The number of methoxy groups -OCH3 is 2. The van der Waals surface area contributed by atoms with Crippen molar-refractivity contribution in [2.75, 3.05) is 27.3 Å². The number of hydrogen-bond acceptors (Lipinski definition) is 4. The van der Waals surface area contributed by atoms with Crippen molar-refractivity contribution in [3.8, 4) is 11.5 Å². The number of ether oxygens (including phenoxy) is 2. The van der Waals surface area contributed by atoms with Crippen LogP contribution in [0.1, 0.15) is 43.4 Å². The van der Waals surface area contributed by atoms with E-state index in [0.717, 1.165) is 42.0 Å². The zero-order valence-electron chi connectivity index (χ0n) is 17.0. The molecule has 0 saturated carbocycles. The molecule has 0 aliphatic carbocycles. The third-order valence-electron chi connectivity index (χ3n) is 5.49. The lowest BCUT2D eigenvalue weighted by Crippen LogP contribution is -2.45. The van der Waals surface area contributed by atoms with Gasteiger partial charge in [-0.05, 0) is 61.7 Å². The Morgan fingerprint density at radius 3 is 2.00 bits per heavy atom. The molecule has 2 aromatic rings. The van der Waals surface area contributed by atoms with Crippen molar-refractivity contribution in [1.29, 1.82) is 0 Å². The molecule has 1 N–H and O–H groups in total. The maximum Gasteiger partial charge on any atom is 0.234 e. The Kier molecular flexibility index (Phi) is 6.93. The summed E-state index contributed by atoms with van der Waals surface area (Å²) in [6.07, 6.45) is 3.57. The number of piperidine rings is 1. The number of nitrogens with zero attached hydrogens (tertiary/aromatic N) is 1. The molecule has 3 rings (SSSR count). The van der Waals surface area contributed by atoms with Gasteiger partial charge in [-0.1, -0.05) is 30.7 Å². The highest BCUT2D eigenvalue weighted by Gasteiger charge is 2.23. The second-order valence-corrected chi connectivity index (χ2v) is 7.36. The van der Waals surface area contributed by atoms with Crippen LogP contribution in [0.15, 0.2) is 48.5 Å². The summed E-state index contributed by atoms with van der Waals surface area (Å²) in [6, 6.07) is 15.9. The van der Waals surface area contributed by atoms with Gasteiger partial charge >= 0.3 is 0 Å². The van der Waals surface area contributed by atoms with Crippen LogP contribution in [0.4, 0.5) is 0 Å². The summed E-state index contributed by atoms with van der Waals surface area (Å²) in [5.41, 5.74) is 2.04. The van der Waals surface area contributed by atoms with Crippen molar-refractivity contribution in [3.63, 3.8) is 0 Å². The van der Waals surface area contributed by atoms with Crippen LogP contribution >= 0.6 is 0 Å². The molecule has 1 amide bonds. The van der Waals surface area contributed by atoms with Crippen molar-refractivity contribution in [3.05, 3.63) is 59.7 Å². The Morgan fingerprint density at radius 1 is 1.00 bits per heavy atom. The molecular weight excluding hydrogens is 352 g/mol. The van der Waals surface area contributed by atoms with Gasteiger partial charge in [0, 0.05) is 6.04 Å². The molecule has 150 valence electrons. The summed E-state index contributed by atoms with van der Waals surface area (Å²) in [5.74, 6) is 1.64. The molecule has 5 nitrogen and oxygen atoms in total. The SMILES string of the molecule is COc1ccc(C(NC(=O)CN2CCCCC2C)c2ccc(OC)cc2)cc1. The molecule has 28 heavy (non-hydrogen) atoms. The molecule has 1 fully saturated rings. The summed E-state index contributed by atoms with van der Waals surface area (Å²) in [7, 11) is 3.30. The van der Waals surface area contributed by atoms with E-state index in [1.807, 2.05) is 48.5 Å². The lowest BCUT2D eigenvalue weighted by atomic mass is 9.98. The number of rotatable bonds is 7. The topological polar surface area (TPSA) is 50.8 Å². The average molecular weight is 383 g/mol. The van der Waals surface area contributed by atoms with Gasteiger partial charge in [-0.25, -0.2) is 0 Å². The highest BCUT2D eigenvalue weighted by atomic mass is 16.5. The summed E-state index contributed by atoms with van der Waals surface area (Å²) < 4.78 is 10.5. The zero-order chi connectivity index (χ0) is 19.9. The summed E-state index contributed by atoms with van der Waals surface area (Å²) in [4.78, 5) is 15.1. The first kappa shape index (κ1) is 20.2. The quantitative estimate of drug-likeness (QED) is 0.792. The molecule has 0 aromatic heterocycles. The van der Waals surface area contributed by atoms with Crippen molar-refractivity contribution < 1.29 is 14.3 Å². The van der Waals surface area contributed by atoms with E-state index in [1.165, 1.54) is 6.42 Å². The highest BCUT2D eigenvalue weighted by Crippen LogP contribution is 2.26. The van der Waals surface area contributed by atoms with Gasteiger partial charge in [-0.3, -0.25) is 9.69 Å². The zero-order valence-corrected chi connectivity index (χ0v) is 17.0. The number of likely N-dealkylation sites (tertiary alicyclic amines) is 1.